The molecule has 0 saturated heterocycles. The topological polar surface area (TPSA) is 73.9 Å². The highest BCUT2D eigenvalue weighted by Gasteiger charge is 2.14. The zero-order valence-electron chi connectivity index (χ0n) is 17.1. The van der Waals surface area contributed by atoms with E-state index >= 15 is 0 Å². The zero-order chi connectivity index (χ0) is 20.9. The number of anilines is 3. The van der Waals surface area contributed by atoms with Crippen LogP contribution >= 0.6 is 0 Å². The van der Waals surface area contributed by atoms with Gasteiger partial charge >= 0.3 is 0 Å². The van der Waals surface area contributed by atoms with Crippen molar-refractivity contribution >= 4 is 39.0 Å². The van der Waals surface area contributed by atoms with Gasteiger partial charge in [0.15, 0.2) is 0 Å². The van der Waals surface area contributed by atoms with Gasteiger partial charge in [0.25, 0.3) is 0 Å². The maximum Gasteiger partial charge on any atom is 0.131 e. The molecule has 4 rings (SSSR count). The molecule has 154 valence electrons. The molecule has 2 aromatic heterocycles. The van der Waals surface area contributed by atoms with Crippen molar-refractivity contribution < 1.29 is 4.21 Å². The average molecular weight is 420 g/mol. The van der Waals surface area contributed by atoms with Gasteiger partial charge in [-0.25, -0.2) is 4.98 Å². The van der Waals surface area contributed by atoms with Crippen molar-refractivity contribution in [3.05, 3.63) is 72.4 Å². The predicted octanol–water partition coefficient (Wildman–Crippen LogP) is 4.64. The Morgan fingerprint density at radius 2 is 1.93 bits per heavy atom. The number of nitrogens with zero attached hydrogens (tertiary/aromatic N) is 3. The molecule has 0 spiro atoms. The Labute approximate surface area is 178 Å². The van der Waals surface area contributed by atoms with Gasteiger partial charge in [-0.2, -0.15) is 5.10 Å². The second-order valence-electron chi connectivity index (χ2n) is 7.09. The maximum absolute atomic E-state index is 12.7. The van der Waals surface area contributed by atoms with E-state index in [0.717, 1.165) is 39.7 Å². The van der Waals surface area contributed by atoms with E-state index in [1.807, 2.05) is 42.5 Å². The summed E-state index contributed by atoms with van der Waals surface area (Å²) in [7, 11) is -1.04. The van der Waals surface area contributed by atoms with Crippen LogP contribution in [0.25, 0.3) is 10.9 Å². The average Bonchev–Trinajstić information content (AvgIpc) is 3.28. The van der Waals surface area contributed by atoms with Crippen molar-refractivity contribution in [1.29, 1.82) is 0 Å². The maximum atomic E-state index is 12.7. The highest BCUT2D eigenvalue weighted by atomic mass is 32.2. The molecule has 7 heteroatoms. The van der Waals surface area contributed by atoms with Crippen LogP contribution in [-0.4, -0.2) is 38.2 Å². The van der Waals surface area contributed by atoms with Gasteiger partial charge in [-0.05, 0) is 38.1 Å². The quantitative estimate of drug-likeness (QED) is 0.435. The molecule has 1 atom stereocenters. The smallest absolute Gasteiger partial charge is 0.131 e. The molecule has 0 fully saturated rings. The molecular formula is C23H25N5OS. The van der Waals surface area contributed by atoms with Crippen molar-refractivity contribution in [3.63, 3.8) is 0 Å². The summed E-state index contributed by atoms with van der Waals surface area (Å²) in [4.78, 5) is 7.91. The van der Waals surface area contributed by atoms with Gasteiger partial charge in [0.2, 0.25) is 0 Å². The summed E-state index contributed by atoms with van der Waals surface area (Å²) in [6.07, 6.45) is 1.72. The molecule has 30 heavy (non-hydrogen) atoms. The number of H-pyrrole nitrogens is 1. The van der Waals surface area contributed by atoms with Crippen LogP contribution in [0, 0.1) is 6.92 Å². The van der Waals surface area contributed by atoms with Gasteiger partial charge in [-0.3, -0.25) is 9.31 Å². The highest BCUT2D eigenvalue weighted by Crippen LogP contribution is 2.30. The van der Waals surface area contributed by atoms with E-state index in [4.69, 9.17) is 4.98 Å². The van der Waals surface area contributed by atoms with Gasteiger partial charge in [0.1, 0.15) is 11.6 Å². The van der Waals surface area contributed by atoms with Gasteiger partial charge in [0.05, 0.1) is 28.2 Å². The Bertz CT molecular complexity index is 1150. The minimum absolute atomic E-state index is 0.550. The van der Waals surface area contributed by atoms with E-state index in [-0.39, 0.29) is 0 Å². The van der Waals surface area contributed by atoms with E-state index < -0.39 is 10.8 Å². The molecule has 4 aromatic rings. The Kier molecular flexibility index (Phi) is 6.09. The third kappa shape index (κ3) is 4.52. The van der Waals surface area contributed by atoms with Crippen LogP contribution in [0.2, 0.25) is 0 Å². The molecule has 2 aromatic carbocycles. The number of rotatable bonds is 8. The minimum Gasteiger partial charge on any atom is -0.356 e. The summed E-state index contributed by atoms with van der Waals surface area (Å²) in [5, 5.41) is 11.4. The second kappa shape index (κ2) is 9.09. The lowest BCUT2D eigenvalue weighted by Gasteiger charge is -2.23. The number of nitrogens with one attached hydrogen (secondary N) is 2. The molecule has 0 aliphatic heterocycles. The number of fused-ring (bicyclic) bond motifs is 1. The molecule has 0 saturated carbocycles. The standard InChI is InChI=1S/C23H25N5OS/c1-3-28(13-14-30(29)18-7-5-4-6-8-18)23-16-21(25-22-11-12-24-27-22)19-15-17(2)9-10-20(19)26-23/h4-12,15-16H,3,13-14H2,1-2H3,(H2,24,25,26,27). The summed E-state index contributed by atoms with van der Waals surface area (Å²) in [5.74, 6) is 2.23. The fourth-order valence-corrected chi connectivity index (χ4v) is 4.46. The van der Waals surface area contributed by atoms with Crippen LogP contribution < -0.4 is 10.2 Å². The first-order valence-electron chi connectivity index (χ1n) is 10.00. The fraction of sp³-hybridized carbons (Fsp3) is 0.217. The summed E-state index contributed by atoms with van der Waals surface area (Å²) in [6.45, 7) is 5.60. The van der Waals surface area contributed by atoms with Crippen molar-refractivity contribution in [3.8, 4) is 0 Å². The third-order valence-corrected chi connectivity index (χ3v) is 6.33. The SMILES string of the molecule is CCN(CCS(=O)c1ccccc1)c1cc(Nc2ccn[nH]2)c2cc(C)ccc2n1. The highest BCUT2D eigenvalue weighted by molar-refractivity contribution is 7.85. The molecule has 2 N–H and O–H groups in total. The number of aromatic nitrogens is 3. The van der Waals surface area contributed by atoms with Crippen molar-refractivity contribution in [1.82, 2.24) is 15.2 Å². The Balaban J connectivity index is 1.62. The van der Waals surface area contributed by atoms with E-state index in [0.29, 0.717) is 12.3 Å². The van der Waals surface area contributed by atoms with Gasteiger partial charge in [-0.1, -0.05) is 29.8 Å². The first-order valence-corrected chi connectivity index (χ1v) is 11.3. The van der Waals surface area contributed by atoms with Crippen LogP contribution in [0.4, 0.5) is 17.3 Å². The molecule has 0 aliphatic carbocycles. The monoisotopic (exact) mass is 419 g/mol. The number of hydrogen-bond donors (Lipinski definition) is 2. The fourth-order valence-electron chi connectivity index (χ4n) is 3.38. The number of benzene rings is 2. The summed E-state index contributed by atoms with van der Waals surface area (Å²) >= 11 is 0. The predicted molar refractivity (Wildman–Crippen MR) is 124 cm³/mol. The van der Waals surface area contributed by atoms with E-state index in [9.17, 15) is 4.21 Å². The van der Waals surface area contributed by atoms with Crippen LogP contribution in [-0.2, 0) is 10.8 Å². The number of aromatic amines is 1. The largest absolute Gasteiger partial charge is 0.356 e. The summed E-state index contributed by atoms with van der Waals surface area (Å²) < 4.78 is 12.7. The molecule has 0 bridgehead atoms. The lowest BCUT2D eigenvalue weighted by Crippen LogP contribution is -2.28. The summed E-state index contributed by atoms with van der Waals surface area (Å²) in [6, 6.07) is 19.8. The van der Waals surface area contributed by atoms with E-state index in [1.165, 1.54) is 5.56 Å². The Morgan fingerprint density at radius 3 is 2.67 bits per heavy atom. The third-order valence-electron chi connectivity index (χ3n) is 4.98. The van der Waals surface area contributed by atoms with Gasteiger partial charge in [0, 0.05) is 41.3 Å². The first-order chi connectivity index (χ1) is 14.6. The Morgan fingerprint density at radius 1 is 1.10 bits per heavy atom. The molecule has 6 nitrogen and oxygen atoms in total. The van der Waals surface area contributed by atoms with Crippen LogP contribution in [0.15, 0.2) is 71.8 Å². The van der Waals surface area contributed by atoms with Crippen molar-refractivity contribution in [2.24, 2.45) is 0 Å². The normalized spacial score (nSPS) is 12.1. The molecule has 0 radical (unpaired) electrons. The summed E-state index contributed by atoms with van der Waals surface area (Å²) in [5.41, 5.74) is 3.06. The van der Waals surface area contributed by atoms with Gasteiger partial charge in [-0.15, -0.1) is 0 Å². The minimum atomic E-state index is -1.04. The lowest BCUT2D eigenvalue weighted by atomic mass is 10.1. The molecule has 0 amide bonds. The van der Waals surface area contributed by atoms with Crippen molar-refractivity contribution in [2.75, 3.05) is 29.1 Å². The van der Waals surface area contributed by atoms with Crippen LogP contribution in [0.3, 0.4) is 0 Å². The van der Waals surface area contributed by atoms with E-state index in [1.54, 1.807) is 6.20 Å². The molecule has 1 unspecified atom stereocenters. The van der Waals surface area contributed by atoms with E-state index in [2.05, 4.69) is 52.5 Å². The molecule has 2 heterocycles. The lowest BCUT2D eigenvalue weighted by molar-refractivity contribution is 0.681. The second-order valence-corrected chi connectivity index (χ2v) is 8.66. The van der Waals surface area contributed by atoms with Gasteiger partial charge < -0.3 is 10.2 Å². The zero-order valence-corrected chi connectivity index (χ0v) is 17.9. The molecular weight excluding hydrogens is 394 g/mol. The van der Waals surface area contributed by atoms with Crippen LogP contribution in [0.1, 0.15) is 12.5 Å². The van der Waals surface area contributed by atoms with Crippen molar-refractivity contribution in [2.45, 2.75) is 18.7 Å². The first kappa shape index (κ1) is 20.1. The number of pyridine rings is 1. The Hall–Kier alpha value is -3.19. The molecule has 0 aliphatic rings. The number of aryl methyl sites for hydroxylation is 1. The number of hydrogen-bond acceptors (Lipinski definition) is 5. The van der Waals surface area contributed by atoms with Crippen LogP contribution in [0.5, 0.6) is 0 Å².